The van der Waals surface area contributed by atoms with Crippen molar-refractivity contribution in [2.45, 2.75) is 36.7 Å². The van der Waals surface area contributed by atoms with Gasteiger partial charge in [0.05, 0.1) is 0 Å². The zero-order chi connectivity index (χ0) is 11.6. The van der Waals surface area contributed by atoms with Crippen LogP contribution in [-0.2, 0) is 9.53 Å². The quantitative estimate of drug-likeness (QED) is 0.645. The van der Waals surface area contributed by atoms with Crippen LogP contribution in [0.1, 0.15) is 13.8 Å². The molecule has 0 saturated heterocycles. The maximum absolute atomic E-state index is 10.6. The molecule has 1 rings (SSSR count). The van der Waals surface area contributed by atoms with Crippen LogP contribution in [0, 0.1) is 0 Å². The van der Waals surface area contributed by atoms with Gasteiger partial charge in [0.15, 0.2) is 5.44 Å². The van der Waals surface area contributed by atoms with E-state index in [1.54, 1.807) is 0 Å². The predicted molar refractivity (Wildman–Crippen MR) is 55.3 cm³/mol. The molecule has 0 radical (unpaired) electrons. The number of thioether (sulfide) groups is 1. The van der Waals surface area contributed by atoms with Crippen LogP contribution in [-0.4, -0.2) is 44.2 Å². The molecule has 0 amide bonds. The summed E-state index contributed by atoms with van der Waals surface area (Å²) in [5.41, 5.74) is -0.740. The van der Waals surface area contributed by atoms with Gasteiger partial charge in [-0.05, 0) is 6.08 Å². The largest absolute Gasteiger partial charge is 0.475 e. The number of aliphatic hydroxyl groups is 2. The minimum atomic E-state index is -1.24. The number of carboxylic acids is 1. The van der Waals surface area contributed by atoms with Gasteiger partial charge in [0, 0.05) is 5.25 Å². The SMILES string of the molecule is CC(C)S[C@@H]1OC(C(=O)O)=C[C@H](O)[C@H]1O. The van der Waals surface area contributed by atoms with Crippen LogP contribution in [0.4, 0.5) is 0 Å². The lowest BCUT2D eigenvalue weighted by molar-refractivity contribution is -0.139. The van der Waals surface area contributed by atoms with Crippen LogP contribution in [0.25, 0.3) is 0 Å². The summed E-state index contributed by atoms with van der Waals surface area (Å²) in [5, 5.41) is 27.8. The van der Waals surface area contributed by atoms with Gasteiger partial charge in [-0.25, -0.2) is 4.79 Å². The van der Waals surface area contributed by atoms with Crippen molar-refractivity contribution in [1.82, 2.24) is 0 Å². The van der Waals surface area contributed by atoms with Crippen LogP contribution in [0.3, 0.4) is 0 Å². The molecule has 0 unspecified atom stereocenters. The van der Waals surface area contributed by atoms with E-state index in [1.807, 2.05) is 13.8 Å². The molecule has 0 aromatic carbocycles. The molecule has 3 atom stereocenters. The van der Waals surface area contributed by atoms with E-state index in [4.69, 9.17) is 9.84 Å². The number of carboxylic acid groups (broad SMARTS) is 1. The first kappa shape index (κ1) is 12.4. The maximum Gasteiger partial charge on any atom is 0.370 e. The van der Waals surface area contributed by atoms with Gasteiger partial charge in [0.25, 0.3) is 0 Å². The zero-order valence-corrected chi connectivity index (χ0v) is 9.27. The highest BCUT2D eigenvalue weighted by Crippen LogP contribution is 2.29. The number of hydrogen-bond donors (Lipinski definition) is 3. The van der Waals surface area contributed by atoms with E-state index in [0.29, 0.717) is 0 Å². The summed E-state index contributed by atoms with van der Waals surface area (Å²) in [6, 6.07) is 0. The second kappa shape index (κ2) is 4.87. The van der Waals surface area contributed by atoms with Crippen LogP contribution < -0.4 is 0 Å². The molecule has 3 N–H and O–H groups in total. The van der Waals surface area contributed by atoms with Crippen LogP contribution >= 0.6 is 11.8 Å². The Balaban J connectivity index is 2.76. The highest BCUT2D eigenvalue weighted by molar-refractivity contribution is 8.00. The smallest absolute Gasteiger partial charge is 0.370 e. The Morgan fingerprint density at radius 1 is 1.53 bits per heavy atom. The van der Waals surface area contributed by atoms with Crippen LogP contribution in [0.2, 0.25) is 0 Å². The average molecular weight is 234 g/mol. The topological polar surface area (TPSA) is 87.0 Å². The minimum Gasteiger partial charge on any atom is -0.475 e. The van der Waals surface area contributed by atoms with Gasteiger partial charge in [-0.2, -0.15) is 0 Å². The van der Waals surface area contributed by atoms with Crippen molar-refractivity contribution in [3.8, 4) is 0 Å². The number of aliphatic carboxylic acids is 1. The Kier molecular flexibility index (Phi) is 4.01. The Bertz CT molecular complexity index is 276. The Hall–Kier alpha value is -0.720. The Morgan fingerprint density at radius 2 is 2.13 bits per heavy atom. The van der Waals surface area contributed by atoms with Gasteiger partial charge in [-0.15, -0.1) is 11.8 Å². The summed E-state index contributed by atoms with van der Waals surface area (Å²) in [6.07, 6.45) is -1.29. The van der Waals surface area contributed by atoms with Gasteiger partial charge in [-0.3, -0.25) is 0 Å². The van der Waals surface area contributed by atoms with Crippen molar-refractivity contribution < 1.29 is 24.9 Å². The summed E-state index contributed by atoms with van der Waals surface area (Å²) in [6.45, 7) is 3.79. The maximum atomic E-state index is 10.6. The summed E-state index contributed by atoms with van der Waals surface area (Å²) in [7, 11) is 0. The monoisotopic (exact) mass is 234 g/mol. The van der Waals surface area contributed by atoms with Gasteiger partial charge in [0.2, 0.25) is 5.76 Å². The van der Waals surface area contributed by atoms with E-state index in [1.165, 1.54) is 11.8 Å². The first-order chi connectivity index (χ1) is 6.91. The van der Waals surface area contributed by atoms with E-state index in [-0.39, 0.29) is 11.0 Å². The van der Waals surface area contributed by atoms with Crippen LogP contribution in [0.15, 0.2) is 11.8 Å². The highest BCUT2D eigenvalue weighted by atomic mass is 32.2. The lowest BCUT2D eigenvalue weighted by atomic mass is 10.1. The molecular formula is C9H14O5S. The second-order valence-electron chi connectivity index (χ2n) is 3.49. The molecule has 0 spiro atoms. The van der Waals surface area contributed by atoms with E-state index in [9.17, 15) is 15.0 Å². The third kappa shape index (κ3) is 3.12. The van der Waals surface area contributed by atoms with Crippen molar-refractivity contribution in [3.63, 3.8) is 0 Å². The molecule has 1 aliphatic rings. The number of ether oxygens (including phenoxy) is 1. The molecule has 86 valence electrons. The first-order valence-electron chi connectivity index (χ1n) is 4.55. The van der Waals surface area contributed by atoms with Crippen LogP contribution in [0.5, 0.6) is 0 Å². The average Bonchev–Trinajstić information content (AvgIpc) is 2.11. The number of carbonyl (C=O) groups is 1. The molecule has 1 heterocycles. The molecule has 5 nitrogen and oxygen atoms in total. The fraction of sp³-hybridized carbons (Fsp3) is 0.667. The third-order valence-electron chi connectivity index (χ3n) is 1.81. The van der Waals surface area contributed by atoms with Gasteiger partial charge in [-0.1, -0.05) is 13.8 Å². The Labute approximate surface area is 91.7 Å². The number of rotatable bonds is 3. The molecule has 6 heteroatoms. The summed E-state index contributed by atoms with van der Waals surface area (Å²) in [4.78, 5) is 10.6. The van der Waals surface area contributed by atoms with Gasteiger partial charge in [0.1, 0.15) is 12.2 Å². The predicted octanol–water partition coefficient (Wildman–Crippen LogP) is 0.175. The third-order valence-corrected chi connectivity index (χ3v) is 3.00. The first-order valence-corrected chi connectivity index (χ1v) is 5.49. The van der Waals surface area contributed by atoms with Gasteiger partial charge < -0.3 is 20.1 Å². The Morgan fingerprint density at radius 3 is 2.60 bits per heavy atom. The minimum absolute atomic E-state index is 0.171. The van der Waals surface area contributed by atoms with E-state index >= 15 is 0 Å². The summed E-state index contributed by atoms with van der Waals surface area (Å²) in [5.74, 6) is -1.55. The standard InChI is InChI=1S/C9H14O5S/c1-4(2)15-9-7(11)5(10)3-6(14-9)8(12)13/h3-5,7,9-11H,1-2H3,(H,12,13)/t5-,7+,9-/m0/s1. The molecule has 15 heavy (non-hydrogen) atoms. The van der Waals surface area contributed by atoms with E-state index < -0.39 is 23.6 Å². The second-order valence-corrected chi connectivity index (χ2v) is 5.17. The van der Waals surface area contributed by atoms with Crippen molar-refractivity contribution in [1.29, 1.82) is 0 Å². The molecule has 0 fully saturated rings. The molecule has 0 saturated carbocycles. The van der Waals surface area contributed by atoms with Crippen molar-refractivity contribution in [2.24, 2.45) is 0 Å². The fourth-order valence-corrected chi connectivity index (χ4v) is 2.16. The van der Waals surface area contributed by atoms with E-state index in [0.717, 1.165) is 6.08 Å². The molecule has 0 aromatic rings. The normalized spacial score (nSPS) is 31.0. The number of aliphatic hydroxyl groups excluding tert-OH is 2. The summed E-state index contributed by atoms with van der Waals surface area (Å²) < 4.78 is 5.06. The van der Waals surface area contributed by atoms with Crippen molar-refractivity contribution >= 4 is 17.7 Å². The molecule has 0 bridgehead atoms. The lowest BCUT2D eigenvalue weighted by Gasteiger charge is -2.31. The molecular weight excluding hydrogens is 220 g/mol. The highest BCUT2D eigenvalue weighted by Gasteiger charge is 2.35. The zero-order valence-electron chi connectivity index (χ0n) is 8.45. The lowest BCUT2D eigenvalue weighted by Crippen LogP contribution is -2.41. The van der Waals surface area contributed by atoms with Crippen molar-refractivity contribution in [2.75, 3.05) is 0 Å². The van der Waals surface area contributed by atoms with Gasteiger partial charge >= 0.3 is 5.97 Å². The fourth-order valence-electron chi connectivity index (χ4n) is 1.15. The molecule has 1 aliphatic heterocycles. The number of hydrogen-bond acceptors (Lipinski definition) is 5. The van der Waals surface area contributed by atoms with E-state index in [2.05, 4.69) is 0 Å². The molecule has 0 aromatic heterocycles. The molecule has 0 aliphatic carbocycles. The summed E-state index contributed by atoms with van der Waals surface area (Å²) >= 11 is 1.27. The van der Waals surface area contributed by atoms with Crippen molar-refractivity contribution in [3.05, 3.63) is 11.8 Å².